The topological polar surface area (TPSA) is 86.8 Å². The first-order valence-corrected chi connectivity index (χ1v) is 15.9. The van der Waals surface area contributed by atoms with Crippen molar-refractivity contribution >= 4 is 43.5 Å². The van der Waals surface area contributed by atoms with Crippen molar-refractivity contribution in [2.75, 3.05) is 17.4 Å². The minimum absolute atomic E-state index is 0.0725. The molecule has 0 aliphatic carbocycles. The minimum atomic E-state index is -4.11. The van der Waals surface area contributed by atoms with E-state index in [0.29, 0.717) is 12.2 Å². The number of halogens is 1. The molecule has 0 fully saturated rings. The lowest BCUT2D eigenvalue weighted by atomic mass is 10.0. The van der Waals surface area contributed by atoms with E-state index >= 15 is 0 Å². The van der Waals surface area contributed by atoms with Crippen LogP contribution < -0.4 is 9.62 Å². The molecular formula is C33H34BrN3O4S. The second-order valence-corrected chi connectivity index (χ2v) is 12.7. The summed E-state index contributed by atoms with van der Waals surface area (Å²) in [5.41, 5.74) is 2.91. The Hall–Kier alpha value is -3.95. The molecule has 7 nitrogen and oxygen atoms in total. The fourth-order valence-corrected chi connectivity index (χ4v) is 6.36. The van der Waals surface area contributed by atoms with Crippen molar-refractivity contribution in [3.8, 4) is 0 Å². The SMILES string of the molecule is CCNC(=O)[C@@H](Cc1ccccc1)N(Cc1ccc(Br)cc1)C(=O)CN(c1cccc(C)c1)S(=O)(=O)c1ccccc1. The highest BCUT2D eigenvalue weighted by atomic mass is 79.9. The Kier molecular flexibility index (Phi) is 10.5. The number of sulfonamides is 1. The number of carbonyl (C=O) groups excluding carboxylic acids is 2. The van der Waals surface area contributed by atoms with Gasteiger partial charge in [-0.25, -0.2) is 8.42 Å². The van der Waals surface area contributed by atoms with Gasteiger partial charge in [-0.15, -0.1) is 0 Å². The number of aryl methyl sites for hydroxylation is 1. The summed E-state index contributed by atoms with van der Waals surface area (Å²) in [4.78, 5) is 29.4. The predicted molar refractivity (Wildman–Crippen MR) is 169 cm³/mol. The van der Waals surface area contributed by atoms with Gasteiger partial charge in [-0.3, -0.25) is 13.9 Å². The zero-order valence-corrected chi connectivity index (χ0v) is 26.0. The highest BCUT2D eigenvalue weighted by Gasteiger charge is 2.34. The van der Waals surface area contributed by atoms with E-state index in [1.807, 2.05) is 74.5 Å². The molecule has 0 aromatic heterocycles. The van der Waals surface area contributed by atoms with Crippen LogP contribution in [0.25, 0.3) is 0 Å². The number of amides is 2. The normalized spacial score (nSPS) is 11.9. The van der Waals surface area contributed by atoms with E-state index in [4.69, 9.17) is 0 Å². The molecule has 2 amide bonds. The molecule has 0 saturated carbocycles. The molecule has 42 heavy (non-hydrogen) atoms. The van der Waals surface area contributed by atoms with Crippen LogP contribution in [-0.2, 0) is 32.6 Å². The van der Waals surface area contributed by atoms with Crippen molar-refractivity contribution in [2.45, 2.75) is 37.8 Å². The number of hydrogen-bond donors (Lipinski definition) is 1. The molecule has 0 aliphatic rings. The van der Waals surface area contributed by atoms with Gasteiger partial charge in [0.05, 0.1) is 10.6 Å². The van der Waals surface area contributed by atoms with E-state index in [-0.39, 0.29) is 23.8 Å². The second-order valence-electron chi connectivity index (χ2n) is 9.91. The molecule has 1 atom stereocenters. The first-order chi connectivity index (χ1) is 20.2. The van der Waals surface area contributed by atoms with E-state index in [1.54, 1.807) is 36.4 Å². The van der Waals surface area contributed by atoms with Crippen LogP contribution in [0.2, 0.25) is 0 Å². The van der Waals surface area contributed by atoms with Gasteiger partial charge in [0.15, 0.2) is 0 Å². The number of likely N-dealkylation sites (N-methyl/N-ethyl adjacent to an activating group) is 1. The lowest BCUT2D eigenvalue weighted by Gasteiger charge is -2.34. The average Bonchev–Trinajstić information content (AvgIpc) is 2.99. The smallest absolute Gasteiger partial charge is 0.264 e. The zero-order chi connectivity index (χ0) is 30.1. The van der Waals surface area contributed by atoms with Gasteiger partial charge in [0.1, 0.15) is 12.6 Å². The average molecular weight is 649 g/mol. The van der Waals surface area contributed by atoms with Gasteiger partial charge in [-0.2, -0.15) is 0 Å². The van der Waals surface area contributed by atoms with Gasteiger partial charge < -0.3 is 10.2 Å². The highest BCUT2D eigenvalue weighted by Crippen LogP contribution is 2.26. The third-order valence-electron chi connectivity index (χ3n) is 6.79. The Bertz CT molecular complexity index is 1600. The summed E-state index contributed by atoms with van der Waals surface area (Å²) in [6.07, 6.45) is 0.269. The molecule has 0 bridgehead atoms. The standard InChI is InChI=1S/C33H34BrN3O4S/c1-3-35-33(39)31(22-26-12-6-4-7-13-26)36(23-27-17-19-28(34)20-18-27)32(38)24-37(29-14-10-11-25(2)21-29)42(40,41)30-15-8-5-9-16-30/h4-21,31H,3,22-24H2,1-2H3,(H,35,39)/t31-/m1/s1. The molecule has 1 N–H and O–H groups in total. The number of anilines is 1. The van der Waals surface area contributed by atoms with Gasteiger partial charge in [0, 0.05) is 24.0 Å². The molecule has 4 aromatic rings. The van der Waals surface area contributed by atoms with E-state index in [2.05, 4.69) is 21.2 Å². The van der Waals surface area contributed by atoms with Crippen molar-refractivity contribution in [2.24, 2.45) is 0 Å². The molecule has 0 aliphatic heterocycles. The summed E-state index contributed by atoms with van der Waals surface area (Å²) in [6, 6.07) is 31.2. The maximum absolute atomic E-state index is 14.3. The summed E-state index contributed by atoms with van der Waals surface area (Å²) in [5, 5.41) is 2.87. The summed E-state index contributed by atoms with van der Waals surface area (Å²) in [6.45, 7) is 3.71. The number of carbonyl (C=O) groups is 2. The Balaban J connectivity index is 1.78. The molecule has 4 aromatic carbocycles. The minimum Gasteiger partial charge on any atom is -0.355 e. The quantitative estimate of drug-likeness (QED) is 0.213. The molecule has 218 valence electrons. The fourth-order valence-electron chi connectivity index (χ4n) is 4.66. The van der Waals surface area contributed by atoms with Crippen molar-refractivity contribution in [3.05, 3.63) is 130 Å². The van der Waals surface area contributed by atoms with Crippen molar-refractivity contribution in [3.63, 3.8) is 0 Å². The van der Waals surface area contributed by atoms with Gasteiger partial charge >= 0.3 is 0 Å². The third-order valence-corrected chi connectivity index (χ3v) is 9.10. The van der Waals surface area contributed by atoms with Gasteiger partial charge in [-0.1, -0.05) is 88.7 Å². The number of benzene rings is 4. The highest BCUT2D eigenvalue weighted by molar-refractivity contribution is 9.10. The van der Waals surface area contributed by atoms with E-state index in [9.17, 15) is 18.0 Å². The van der Waals surface area contributed by atoms with Crippen molar-refractivity contribution < 1.29 is 18.0 Å². The van der Waals surface area contributed by atoms with Crippen LogP contribution in [0.4, 0.5) is 5.69 Å². The number of nitrogens with zero attached hydrogens (tertiary/aromatic N) is 2. The Morgan fingerprint density at radius 1 is 0.833 bits per heavy atom. The van der Waals surface area contributed by atoms with E-state index in [1.165, 1.54) is 17.0 Å². The molecule has 0 saturated heterocycles. The van der Waals surface area contributed by atoms with E-state index in [0.717, 1.165) is 25.5 Å². The Labute approximate surface area is 256 Å². The second kappa shape index (κ2) is 14.3. The number of nitrogens with one attached hydrogen (secondary N) is 1. The predicted octanol–water partition coefficient (Wildman–Crippen LogP) is 5.73. The van der Waals surface area contributed by atoms with Crippen LogP contribution in [0.3, 0.4) is 0 Å². The van der Waals surface area contributed by atoms with Crippen LogP contribution in [0.15, 0.2) is 119 Å². The first kappa shape index (κ1) is 31.0. The zero-order valence-electron chi connectivity index (χ0n) is 23.6. The summed E-state index contributed by atoms with van der Waals surface area (Å²) >= 11 is 3.45. The van der Waals surface area contributed by atoms with E-state index < -0.39 is 28.5 Å². The number of hydrogen-bond acceptors (Lipinski definition) is 4. The molecule has 0 unspecified atom stereocenters. The summed E-state index contributed by atoms with van der Waals surface area (Å²) in [7, 11) is -4.11. The van der Waals surface area contributed by atoms with Crippen LogP contribution >= 0.6 is 15.9 Å². The van der Waals surface area contributed by atoms with Crippen LogP contribution in [-0.4, -0.2) is 44.3 Å². The lowest BCUT2D eigenvalue weighted by molar-refractivity contribution is -0.140. The summed E-state index contributed by atoms with van der Waals surface area (Å²) < 4.78 is 29.9. The first-order valence-electron chi connectivity index (χ1n) is 13.7. The molecule has 0 spiro atoms. The van der Waals surface area contributed by atoms with Crippen molar-refractivity contribution in [1.82, 2.24) is 10.2 Å². The van der Waals surface area contributed by atoms with Gasteiger partial charge in [0.25, 0.3) is 10.0 Å². The Morgan fingerprint density at radius 2 is 1.48 bits per heavy atom. The molecule has 4 rings (SSSR count). The maximum Gasteiger partial charge on any atom is 0.264 e. The molecular weight excluding hydrogens is 614 g/mol. The largest absolute Gasteiger partial charge is 0.355 e. The van der Waals surface area contributed by atoms with Crippen LogP contribution in [0.5, 0.6) is 0 Å². The Morgan fingerprint density at radius 3 is 2.10 bits per heavy atom. The number of rotatable bonds is 12. The van der Waals surface area contributed by atoms with Gasteiger partial charge in [-0.05, 0) is 66.9 Å². The lowest BCUT2D eigenvalue weighted by Crippen LogP contribution is -2.53. The molecule has 0 heterocycles. The third kappa shape index (κ3) is 7.86. The van der Waals surface area contributed by atoms with Crippen molar-refractivity contribution in [1.29, 1.82) is 0 Å². The fraction of sp³-hybridized carbons (Fsp3) is 0.212. The molecule has 0 radical (unpaired) electrons. The maximum atomic E-state index is 14.3. The summed E-state index contributed by atoms with van der Waals surface area (Å²) in [5.74, 6) is -0.800. The monoisotopic (exact) mass is 647 g/mol. The van der Waals surface area contributed by atoms with Gasteiger partial charge in [0.2, 0.25) is 11.8 Å². The molecule has 9 heteroatoms. The van der Waals surface area contributed by atoms with Crippen LogP contribution in [0, 0.1) is 6.92 Å². The van der Waals surface area contributed by atoms with Crippen LogP contribution in [0.1, 0.15) is 23.6 Å².